The monoisotopic (exact) mass is 526 g/mol. The van der Waals surface area contributed by atoms with Gasteiger partial charge in [-0.15, -0.1) is 0 Å². The molecule has 0 fully saturated rings. The van der Waals surface area contributed by atoms with Crippen molar-refractivity contribution in [1.29, 1.82) is 0 Å². The molecule has 6 nitrogen and oxygen atoms in total. The van der Waals surface area contributed by atoms with Crippen LogP contribution >= 0.6 is 9.24 Å². The Labute approximate surface area is 218 Å². The van der Waals surface area contributed by atoms with Crippen molar-refractivity contribution in [3.05, 3.63) is 71.5 Å². The summed E-state index contributed by atoms with van der Waals surface area (Å²) in [7, 11) is 0.299. The fraction of sp³-hybridized carbons (Fsp3) is 0.321. The van der Waals surface area contributed by atoms with E-state index in [1.165, 1.54) is 6.42 Å². The molecule has 36 heavy (non-hydrogen) atoms. The molecule has 4 aromatic rings. The van der Waals surface area contributed by atoms with Crippen LogP contribution in [0.3, 0.4) is 0 Å². The van der Waals surface area contributed by atoms with Crippen LogP contribution in [0.15, 0.2) is 59.6 Å². The van der Waals surface area contributed by atoms with E-state index in [0.717, 1.165) is 56.9 Å². The minimum atomic E-state index is -2.32. The zero-order valence-electron chi connectivity index (χ0n) is 22.2. The molecule has 0 spiro atoms. The number of aryl methyl sites for hydroxylation is 3. The van der Waals surface area contributed by atoms with E-state index in [1.807, 2.05) is 58.0 Å². The lowest BCUT2D eigenvalue weighted by Gasteiger charge is -2.12. The van der Waals surface area contributed by atoms with Gasteiger partial charge in [-0.2, -0.15) is 5.10 Å². The number of rotatable bonds is 5. The second-order valence-corrected chi connectivity index (χ2v) is 11.5. The topological polar surface area (TPSA) is 79.5 Å². The van der Waals surface area contributed by atoms with Crippen molar-refractivity contribution in [2.45, 2.75) is 59.3 Å². The summed E-state index contributed by atoms with van der Waals surface area (Å²) in [6.07, 6.45) is 3.96. The summed E-state index contributed by atoms with van der Waals surface area (Å²) >= 11 is 0. The first-order chi connectivity index (χ1) is 17.0. The molecule has 2 aromatic carbocycles. The van der Waals surface area contributed by atoms with E-state index < -0.39 is 9.71 Å². The maximum atomic E-state index is 12.2. The third-order valence-electron chi connectivity index (χ3n) is 5.02. The number of benzene rings is 2. The lowest BCUT2D eigenvalue weighted by molar-refractivity contribution is 0.477. The largest absolute Gasteiger partial charge is 0.507 e. The number of phenolic OH excluding ortho intramolecular Hbond substituents is 1. The Morgan fingerprint density at radius 1 is 1.06 bits per heavy atom. The van der Waals surface area contributed by atoms with Crippen molar-refractivity contribution in [3.63, 3.8) is 0 Å². The molecule has 2 heterocycles. The number of aromatic hydroxyl groups is 1. The minimum absolute atomic E-state index is 0.235. The van der Waals surface area contributed by atoms with E-state index in [9.17, 15) is 9.32 Å². The number of hydrogen-bond acceptors (Lipinski definition) is 4. The quantitative estimate of drug-likeness (QED) is 0.261. The van der Waals surface area contributed by atoms with Gasteiger partial charge in [-0.3, -0.25) is 0 Å². The van der Waals surface area contributed by atoms with Gasteiger partial charge in [0.2, 0.25) is 0 Å². The molecule has 0 aliphatic rings. The van der Waals surface area contributed by atoms with Gasteiger partial charge in [-0.25, -0.2) is 18.4 Å². The number of nitrogens with one attached hydrogen (secondary N) is 1. The van der Waals surface area contributed by atoms with Gasteiger partial charge in [-0.1, -0.05) is 54.6 Å². The molecule has 0 radical (unpaired) electrons. The molecule has 2 atom stereocenters. The summed E-state index contributed by atoms with van der Waals surface area (Å²) < 4.78 is 17.0. The number of para-hydroxylation sites is 1. The first-order valence-electron chi connectivity index (χ1n) is 12.1. The highest BCUT2D eigenvalue weighted by Crippen LogP contribution is 2.27. The van der Waals surface area contributed by atoms with Gasteiger partial charge in [0.15, 0.2) is 5.65 Å². The van der Waals surface area contributed by atoms with Gasteiger partial charge >= 0.3 is 0 Å². The van der Waals surface area contributed by atoms with Crippen molar-refractivity contribution in [2.75, 3.05) is 6.54 Å². The van der Waals surface area contributed by atoms with Gasteiger partial charge < -0.3 is 5.11 Å². The molecule has 2 N–H and O–H groups in total. The third kappa shape index (κ3) is 7.89. The van der Waals surface area contributed by atoms with Crippen LogP contribution in [0.1, 0.15) is 50.4 Å². The minimum Gasteiger partial charge on any atom is -0.507 e. The maximum absolute atomic E-state index is 12.2. The van der Waals surface area contributed by atoms with E-state index >= 15 is 0 Å². The smallest absolute Gasteiger partial charge is 0.163 e. The molecule has 0 amide bonds. The molecule has 0 aliphatic heterocycles. The molecule has 0 bridgehead atoms. The highest BCUT2D eigenvalue weighted by Gasteiger charge is 2.10. The van der Waals surface area contributed by atoms with Gasteiger partial charge in [0.25, 0.3) is 0 Å². The Bertz CT molecular complexity index is 1380. The summed E-state index contributed by atoms with van der Waals surface area (Å²) in [6, 6.07) is 15.0. The van der Waals surface area contributed by atoms with Crippen LogP contribution in [0.2, 0.25) is 0 Å². The Balaban J connectivity index is 0.000000233. The zero-order valence-corrected chi connectivity index (χ0v) is 24.2. The second-order valence-electron chi connectivity index (χ2n) is 8.74. The Morgan fingerprint density at radius 3 is 2.25 bits per heavy atom. The van der Waals surface area contributed by atoms with E-state index in [-0.39, 0.29) is 5.75 Å². The maximum Gasteiger partial charge on any atom is 0.163 e. The standard InChI is InChI=1S/C13H12N3OP.C12H19NOS.C3H8/c1-8-6-10(9-4-2-3-5-11(9)17)15-13-12(18)7-14-16(8)13;1-5-6-13-15(4,14)12-8-10(2)7-11(3)9-12;1-3-2/h2-7,17H,18H2,1H3;7-9H,4-6H2,1-3H3,(H,13,14);3H2,1-2H3. The molecule has 0 saturated carbocycles. The second kappa shape index (κ2) is 13.5. The predicted octanol–water partition coefficient (Wildman–Crippen LogP) is 5.62. The van der Waals surface area contributed by atoms with Gasteiger partial charge in [0.1, 0.15) is 5.75 Å². The van der Waals surface area contributed by atoms with Crippen LogP contribution in [0.5, 0.6) is 5.75 Å². The van der Waals surface area contributed by atoms with Gasteiger partial charge in [0.05, 0.1) is 21.6 Å². The number of phenols is 1. The van der Waals surface area contributed by atoms with Crippen LogP contribution in [0, 0.1) is 20.8 Å². The summed E-state index contributed by atoms with van der Waals surface area (Å²) in [5.74, 6) is 4.01. The molecular weight excluding hydrogens is 487 g/mol. The number of nitrogens with zero attached hydrogens (tertiary/aromatic N) is 3. The van der Waals surface area contributed by atoms with Crippen molar-refractivity contribution in [1.82, 2.24) is 19.3 Å². The Morgan fingerprint density at radius 2 is 1.67 bits per heavy atom. The van der Waals surface area contributed by atoms with Gasteiger partial charge in [-0.05, 0) is 74.5 Å². The third-order valence-corrected chi connectivity index (χ3v) is 7.09. The van der Waals surface area contributed by atoms with Crippen molar-refractivity contribution >= 4 is 35.8 Å². The normalized spacial score (nSPS) is 12.2. The van der Waals surface area contributed by atoms with Crippen LogP contribution < -0.4 is 10.0 Å². The fourth-order valence-corrected chi connectivity index (χ4v) is 5.14. The van der Waals surface area contributed by atoms with E-state index in [1.54, 1.807) is 22.8 Å². The fourth-order valence-electron chi connectivity index (χ4n) is 3.43. The Kier molecular flexibility index (Phi) is 11.1. The zero-order chi connectivity index (χ0) is 26.9. The molecule has 2 unspecified atom stereocenters. The molecule has 4 rings (SSSR count). The molecule has 0 saturated heterocycles. The van der Waals surface area contributed by atoms with Crippen LogP contribution in [0.25, 0.3) is 16.9 Å². The first kappa shape index (κ1) is 29.5. The van der Waals surface area contributed by atoms with Gasteiger partial charge in [0, 0.05) is 28.0 Å². The summed E-state index contributed by atoms with van der Waals surface area (Å²) in [4.78, 5) is 5.35. The average molecular weight is 527 g/mol. The van der Waals surface area contributed by atoms with E-state index in [4.69, 9.17) is 0 Å². The molecule has 0 aliphatic carbocycles. The van der Waals surface area contributed by atoms with E-state index in [0.29, 0.717) is 0 Å². The van der Waals surface area contributed by atoms with Crippen molar-refractivity contribution < 1.29 is 9.32 Å². The highest BCUT2D eigenvalue weighted by atomic mass is 32.2. The summed E-state index contributed by atoms with van der Waals surface area (Å²) in [5, 5.41) is 15.1. The van der Waals surface area contributed by atoms with Crippen molar-refractivity contribution in [2.24, 2.45) is 0 Å². The molecule has 194 valence electrons. The summed E-state index contributed by atoms with van der Waals surface area (Å²) in [5.41, 5.74) is 5.50. The molecule has 2 aromatic heterocycles. The lowest BCUT2D eigenvalue weighted by Crippen LogP contribution is -2.24. The van der Waals surface area contributed by atoms with Crippen LogP contribution in [-0.4, -0.2) is 36.3 Å². The average Bonchev–Trinajstić information content (AvgIpc) is 3.19. The van der Waals surface area contributed by atoms with Crippen molar-refractivity contribution in [3.8, 4) is 17.0 Å². The highest BCUT2D eigenvalue weighted by molar-refractivity contribution is 7.98. The van der Waals surface area contributed by atoms with Crippen LogP contribution in [0.4, 0.5) is 0 Å². The predicted molar refractivity (Wildman–Crippen MR) is 158 cm³/mol. The Hall–Kier alpha value is -2.73. The molecular formula is C28H39N4O2PS. The van der Waals surface area contributed by atoms with Crippen LogP contribution in [-0.2, 0) is 9.71 Å². The number of hydrogen-bond donors (Lipinski definition) is 2. The SMILES string of the molecule is C=S(=O)(NCCC)c1cc(C)cc(C)c1.CCC.Cc1cc(-c2ccccc2O)nc2c(P)cnn12. The lowest BCUT2D eigenvalue weighted by atomic mass is 10.1. The molecule has 8 heteroatoms. The van der Waals surface area contributed by atoms with E-state index in [2.05, 4.69) is 49.8 Å². The number of fused-ring (bicyclic) bond motifs is 1. The number of aromatic nitrogens is 3. The summed E-state index contributed by atoms with van der Waals surface area (Å²) in [6.45, 7) is 13.0. The first-order valence-corrected chi connectivity index (χ1v) is 14.4.